The number of rotatable bonds is 2. The molecule has 0 aliphatic rings. The molecule has 0 amide bonds. The van der Waals surface area contributed by atoms with Gasteiger partial charge in [0.25, 0.3) is 0 Å². The maximum Gasteiger partial charge on any atom is -0.171 e. The summed E-state index contributed by atoms with van der Waals surface area (Å²) in [5.41, 5.74) is 7.88. The zero-order valence-electron chi connectivity index (χ0n) is 34.6. The monoisotopic (exact) mass is 850 g/mol. The minimum Gasteiger partial charge on any atom is -0.184 e. The molecular weight excluding hydrogens is 804 g/mol. The van der Waals surface area contributed by atoms with Crippen LogP contribution in [-0.4, -0.2) is 6.88 Å². The molecule has 2 radical (unpaired) electrons. The Kier molecular flexibility index (Phi) is 15.3. The van der Waals surface area contributed by atoms with Crippen molar-refractivity contribution in [2.45, 2.75) is 13.8 Å². The molecule has 0 atom stereocenters. The molecule has 0 fully saturated rings. The SMILES string of the molecule is Cc1cc(-c2cc3ccccc3[cH-]2)c2c(ccc3ccccc32)c1.Cc1cc(-c2cc3ccccc3[cH-]2)c2c(ccc3ccccc32)c1.[CH3-].[CH3-].[CH3-].[Si]=[Zr].[c-]1ccccc1. The molecule has 2 heteroatoms. The molecule has 0 heterocycles. The summed E-state index contributed by atoms with van der Waals surface area (Å²) in [5, 5.41) is 15.8. The van der Waals surface area contributed by atoms with Gasteiger partial charge in [0.05, 0.1) is 0 Å². The number of hydrogen-bond donors (Lipinski definition) is 0. The molecule has 11 rings (SSSR count). The van der Waals surface area contributed by atoms with E-state index in [0.29, 0.717) is 0 Å². The van der Waals surface area contributed by atoms with Gasteiger partial charge in [-0.05, 0) is 56.9 Å². The van der Waals surface area contributed by atoms with Crippen molar-refractivity contribution in [3.63, 3.8) is 0 Å². The van der Waals surface area contributed by atoms with Crippen LogP contribution in [0.4, 0.5) is 0 Å². The second-order valence-corrected chi connectivity index (χ2v) is 14.2. The molecule has 0 N–H and O–H groups in total. The first kappa shape index (κ1) is 44.4. The van der Waals surface area contributed by atoms with E-state index < -0.39 is 0 Å². The maximum absolute atomic E-state index is 3.06. The Balaban J connectivity index is 0.000000182. The van der Waals surface area contributed by atoms with E-state index in [1.807, 2.05) is 30.3 Å². The predicted molar refractivity (Wildman–Crippen MR) is 260 cm³/mol. The molecule has 0 aliphatic carbocycles. The van der Waals surface area contributed by atoms with Gasteiger partial charge in [0, 0.05) is 0 Å². The second kappa shape index (κ2) is 20.3. The van der Waals surface area contributed by atoms with E-state index in [2.05, 4.69) is 197 Å². The van der Waals surface area contributed by atoms with E-state index in [4.69, 9.17) is 0 Å². The van der Waals surface area contributed by atoms with Gasteiger partial charge >= 0.3 is 30.2 Å². The number of hydrogen-bond acceptors (Lipinski definition) is 0. The summed E-state index contributed by atoms with van der Waals surface area (Å²) in [6, 6.07) is 74.4. The summed E-state index contributed by atoms with van der Waals surface area (Å²) in [4.78, 5) is 0. The molecule has 0 unspecified atom stereocenters. The molecule has 0 nitrogen and oxygen atoms in total. The van der Waals surface area contributed by atoms with Gasteiger partial charge in [-0.15, -0.1) is 69.1 Å². The molecule has 0 saturated carbocycles. The molecular formula is C57H48SiZr-6. The van der Waals surface area contributed by atoms with E-state index in [-0.39, 0.29) is 22.3 Å². The third-order valence-corrected chi connectivity index (χ3v) is 10.4. The third-order valence-electron chi connectivity index (χ3n) is 10.4. The zero-order chi connectivity index (χ0) is 38.4. The van der Waals surface area contributed by atoms with E-state index in [1.165, 1.54) is 121 Å². The normalized spacial score (nSPS) is 10.3. The molecule has 11 aromatic carbocycles. The Morgan fingerprint density at radius 3 is 1.14 bits per heavy atom. The third kappa shape index (κ3) is 9.47. The number of aryl methyl sites for hydroxylation is 2. The summed E-state index contributed by atoms with van der Waals surface area (Å²) in [7, 11) is 0. The van der Waals surface area contributed by atoms with Crippen LogP contribution in [0.25, 0.3) is 86.9 Å². The molecule has 11 aromatic rings. The van der Waals surface area contributed by atoms with E-state index in [9.17, 15) is 0 Å². The van der Waals surface area contributed by atoms with Crippen LogP contribution < -0.4 is 0 Å². The summed E-state index contributed by atoms with van der Waals surface area (Å²) in [5.74, 6) is 0. The molecule has 0 bridgehead atoms. The summed E-state index contributed by atoms with van der Waals surface area (Å²) in [6.07, 6.45) is 0. The fourth-order valence-electron chi connectivity index (χ4n) is 8.00. The van der Waals surface area contributed by atoms with Crippen LogP contribution in [0.5, 0.6) is 0 Å². The summed E-state index contributed by atoms with van der Waals surface area (Å²) < 4.78 is 0. The van der Waals surface area contributed by atoms with Crippen LogP contribution >= 0.6 is 0 Å². The molecule has 0 spiro atoms. The van der Waals surface area contributed by atoms with Gasteiger partial charge in [0.15, 0.2) is 0 Å². The first-order chi connectivity index (χ1) is 27.6. The molecule has 59 heavy (non-hydrogen) atoms. The fraction of sp³-hybridized carbons (Fsp3) is 0.0351. The van der Waals surface area contributed by atoms with Crippen LogP contribution in [0, 0.1) is 42.2 Å². The molecule has 0 saturated heterocycles. The van der Waals surface area contributed by atoms with Crippen molar-refractivity contribution in [3.05, 3.63) is 240 Å². The van der Waals surface area contributed by atoms with Crippen molar-refractivity contribution >= 4 is 71.5 Å². The standard InChI is InChI=1S/2C24H17.C6H5.3CH3.Si.Zr/c2*1-16-12-20-11-10-17-6-4-5-9-22(17)24(20)23(13-16)21-14-18-7-2-3-8-19(18)15-21;1-2-4-6-5-3-1;;;;;/h2*2-15H,1H3;1-5H;3*1H3;;/q6*-1;;. The maximum atomic E-state index is 3.06. The zero-order valence-corrected chi connectivity index (χ0v) is 38.0. The summed E-state index contributed by atoms with van der Waals surface area (Å²) in [6.45, 7) is 7.42. The fourth-order valence-corrected chi connectivity index (χ4v) is 8.00. The Morgan fingerprint density at radius 1 is 0.390 bits per heavy atom. The Hall–Kier alpha value is -5.66. The molecule has 0 aromatic heterocycles. The van der Waals surface area contributed by atoms with Crippen molar-refractivity contribution in [3.8, 4) is 22.3 Å². The van der Waals surface area contributed by atoms with Crippen LogP contribution in [0.15, 0.2) is 200 Å². The largest absolute Gasteiger partial charge is 0.184 e. The van der Waals surface area contributed by atoms with Crippen LogP contribution in [0.2, 0.25) is 0 Å². The van der Waals surface area contributed by atoms with Gasteiger partial charge < -0.3 is 22.3 Å². The average Bonchev–Trinajstić information content (AvgIpc) is 3.90. The van der Waals surface area contributed by atoms with Crippen molar-refractivity contribution < 1.29 is 23.3 Å². The van der Waals surface area contributed by atoms with Gasteiger partial charge in [-0.25, -0.2) is 0 Å². The van der Waals surface area contributed by atoms with Crippen molar-refractivity contribution in [2.24, 2.45) is 0 Å². The Bertz CT molecular complexity index is 2810. The minimum absolute atomic E-state index is 0. The van der Waals surface area contributed by atoms with Gasteiger partial charge in [-0.1, -0.05) is 156 Å². The van der Waals surface area contributed by atoms with Crippen molar-refractivity contribution in [1.29, 1.82) is 0 Å². The Morgan fingerprint density at radius 2 is 0.763 bits per heavy atom. The van der Waals surface area contributed by atoms with Crippen LogP contribution in [0.1, 0.15) is 11.1 Å². The first-order valence-electron chi connectivity index (χ1n) is 18.9. The average molecular weight is 852 g/mol. The minimum atomic E-state index is 0. The smallest absolute Gasteiger partial charge is 0.171 e. The van der Waals surface area contributed by atoms with E-state index in [1.54, 1.807) is 0 Å². The molecule has 290 valence electrons. The topological polar surface area (TPSA) is 0 Å². The molecule has 0 aliphatic heterocycles. The van der Waals surface area contributed by atoms with E-state index in [0.717, 1.165) is 0 Å². The summed E-state index contributed by atoms with van der Waals surface area (Å²) >= 11 is 1.36. The van der Waals surface area contributed by atoms with Crippen molar-refractivity contribution in [2.75, 3.05) is 0 Å². The second-order valence-electron chi connectivity index (χ2n) is 14.2. The van der Waals surface area contributed by atoms with Gasteiger partial charge in [-0.3, -0.25) is 0 Å². The van der Waals surface area contributed by atoms with Gasteiger partial charge in [0.2, 0.25) is 0 Å². The first-order valence-corrected chi connectivity index (χ1v) is 23.1. The number of fused-ring (bicyclic) bond motifs is 8. The Labute approximate surface area is 368 Å². The van der Waals surface area contributed by atoms with E-state index >= 15 is 0 Å². The van der Waals surface area contributed by atoms with Crippen LogP contribution in [-0.2, 0) is 23.3 Å². The van der Waals surface area contributed by atoms with Gasteiger partial charge in [0.1, 0.15) is 0 Å². The quantitative estimate of drug-likeness (QED) is 0.0923. The predicted octanol–water partition coefficient (Wildman–Crippen LogP) is 16.1. The van der Waals surface area contributed by atoms with Crippen LogP contribution in [0.3, 0.4) is 0 Å². The van der Waals surface area contributed by atoms with Crippen molar-refractivity contribution in [1.82, 2.24) is 0 Å². The number of benzene rings is 9. The van der Waals surface area contributed by atoms with Gasteiger partial charge in [-0.2, -0.15) is 36.4 Å².